The van der Waals surface area contributed by atoms with Crippen molar-refractivity contribution in [2.24, 2.45) is 0 Å². The monoisotopic (exact) mass is 328 g/mol. The number of para-hydroxylation sites is 1. The van der Waals surface area contributed by atoms with Crippen molar-refractivity contribution in [1.82, 2.24) is 4.98 Å². The van der Waals surface area contributed by atoms with Gasteiger partial charge in [-0.2, -0.15) is 0 Å². The first kappa shape index (κ1) is 15.1. The van der Waals surface area contributed by atoms with Crippen molar-refractivity contribution >= 4 is 44.4 Å². The number of carbonyl (C=O) groups excluding carboxylic acids is 1. The average Bonchev–Trinajstić information content (AvgIpc) is 2.91. The summed E-state index contributed by atoms with van der Waals surface area (Å²) < 4.78 is 1.08. The second kappa shape index (κ2) is 6.94. The van der Waals surface area contributed by atoms with Gasteiger partial charge in [0.1, 0.15) is 0 Å². The molecule has 5 heteroatoms. The molecule has 0 bridgehead atoms. The number of nitrogens with zero attached hydrogens (tertiary/aromatic N) is 1. The number of thioether (sulfide) groups is 1. The van der Waals surface area contributed by atoms with Gasteiger partial charge >= 0.3 is 0 Å². The van der Waals surface area contributed by atoms with Crippen molar-refractivity contribution in [3.63, 3.8) is 0 Å². The van der Waals surface area contributed by atoms with E-state index in [1.807, 2.05) is 36.4 Å². The summed E-state index contributed by atoms with van der Waals surface area (Å²) >= 11 is 3.30. The second-order valence-corrected chi connectivity index (χ2v) is 7.16. The Morgan fingerprint density at radius 1 is 1.18 bits per heavy atom. The van der Waals surface area contributed by atoms with Crippen LogP contribution in [0.15, 0.2) is 53.4 Å². The van der Waals surface area contributed by atoms with Crippen LogP contribution in [0.5, 0.6) is 0 Å². The smallest absolute Gasteiger partial charge is 0.230 e. The van der Waals surface area contributed by atoms with E-state index >= 15 is 0 Å². The van der Waals surface area contributed by atoms with Gasteiger partial charge in [0.2, 0.25) is 5.91 Å². The molecule has 1 N–H and O–H groups in total. The number of benzene rings is 2. The van der Waals surface area contributed by atoms with Gasteiger partial charge in [0, 0.05) is 4.90 Å². The van der Waals surface area contributed by atoms with Crippen LogP contribution in [0.4, 0.5) is 5.13 Å². The van der Waals surface area contributed by atoms with Gasteiger partial charge in [-0.25, -0.2) is 4.98 Å². The second-order valence-electron chi connectivity index (χ2n) is 4.79. The molecule has 0 saturated carbocycles. The number of thiazole rings is 1. The van der Waals surface area contributed by atoms with Gasteiger partial charge in [-0.15, -0.1) is 11.8 Å². The van der Waals surface area contributed by atoms with Crippen molar-refractivity contribution in [3.05, 3.63) is 54.1 Å². The molecular weight excluding hydrogens is 312 g/mol. The molecule has 0 fully saturated rings. The molecular formula is C17H16N2OS2. The molecule has 0 aliphatic carbocycles. The van der Waals surface area contributed by atoms with Crippen LogP contribution in [0.3, 0.4) is 0 Å². The molecule has 1 amide bonds. The number of hydrogen-bond acceptors (Lipinski definition) is 4. The third-order valence-corrected chi connectivity index (χ3v) is 4.99. The van der Waals surface area contributed by atoms with E-state index < -0.39 is 0 Å². The fraction of sp³-hybridized carbons (Fsp3) is 0.176. The summed E-state index contributed by atoms with van der Waals surface area (Å²) in [5.74, 6) is 1.02. The number of nitrogens with one attached hydrogen (secondary N) is 1. The zero-order valence-corrected chi connectivity index (χ0v) is 13.8. The lowest BCUT2D eigenvalue weighted by molar-refractivity contribution is -0.115. The summed E-state index contributed by atoms with van der Waals surface area (Å²) in [7, 11) is 0. The normalized spacial score (nSPS) is 10.8. The number of aromatic nitrogens is 1. The Balaban J connectivity index is 1.64. The Morgan fingerprint density at radius 3 is 2.68 bits per heavy atom. The highest BCUT2D eigenvalue weighted by Crippen LogP contribution is 2.25. The molecule has 1 aromatic heterocycles. The summed E-state index contributed by atoms with van der Waals surface area (Å²) in [5, 5.41) is 3.54. The van der Waals surface area contributed by atoms with E-state index in [0.29, 0.717) is 11.6 Å². The lowest BCUT2D eigenvalue weighted by Gasteiger charge is -2.03. The van der Waals surface area contributed by atoms with E-state index in [9.17, 15) is 4.79 Å². The average molecular weight is 328 g/mol. The van der Waals surface area contributed by atoms with Crippen molar-refractivity contribution < 1.29 is 4.79 Å². The van der Waals surface area contributed by atoms with Crippen LogP contribution < -0.4 is 5.32 Å². The van der Waals surface area contributed by atoms with E-state index in [1.54, 1.807) is 11.8 Å². The Hall–Kier alpha value is -1.85. The molecule has 3 rings (SSSR count). The van der Waals surface area contributed by atoms with Gasteiger partial charge in [-0.05, 0) is 35.6 Å². The van der Waals surface area contributed by atoms with E-state index in [4.69, 9.17) is 0 Å². The van der Waals surface area contributed by atoms with Gasteiger partial charge in [-0.1, -0.05) is 42.5 Å². The molecule has 0 unspecified atom stereocenters. The molecule has 3 aromatic rings. The fourth-order valence-electron chi connectivity index (χ4n) is 2.14. The largest absolute Gasteiger partial charge is 0.302 e. The van der Waals surface area contributed by atoms with Gasteiger partial charge in [0.15, 0.2) is 5.13 Å². The molecule has 22 heavy (non-hydrogen) atoms. The number of anilines is 1. The van der Waals surface area contributed by atoms with Crippen molar-refractivity contribution in [2.45, 2.75) is 18.2 Å². The van der Waals surface area contributed by atoms with Crippen LogP contribution in [0.25, 0.3) is 10.2 Å². The molecule has 1 heterocycles. The van der Waals surface area contributed by atoms with E-state index in [1.165, 1.54) is 16.2 Å². The van der Waals surface area contributed by atoms with Crippen LogP contribution in [0, 0.1) is 0 Å². The van der Waals surface area contributed by atoms with Crippen molar-refractivity contribution in [2.75, 3.05) is 11.1 Å². The minimum atomic E-state index is -0.0325. The minimum absolute atomic E-state index is 0.0325. The third-order valence-electron chi connectivity index (χ3n) is 3.14. The van der Waals surface area contributed by atoms with Crippen molar-refractivity contribution in [1.29, 1.82) is 0 Å². The van der Waals surface area contributed by atoms with E-state index in [2.05, 4.69) is 29.4 Å². The molecule has 0 saturated heterocycles. The number of hydrogen-bond donors (Lipinski definition) is 1. The number of amides is 1. The van der Waals surface area contributed by atoms with Crippen LogP contribution >= 0.6 is 23.1 Å². The quantitative estimate of drug-likeness (QED) is 0.697. The summed E-state index contributed by atoms with van der Waals surface area (Å²) in [6.07, 6.45) is 0.368. The van der Waals surface area contributed by atoms with Gasteiger partial charge < -0.3 is 5.32 Å². The SMILES string of the molecule is CCSc1ccc(CC(=O)Nc2nc3ccccc3s2)cc1. The van der Waals surface area contributed by atoms with E-state index in [0.717, 1.165) is 21.5 Å². The fourth-order valence-corrected chi connectivity index (χ4v) is 3.69. The molecule has 0 atom stereocenters. The maximum Gasteiger partial charge on any atom is 0.230 e. The first-order chi connectivity index (χ1) is 10.7. The Labute approximate surface area is 137 Å². The zero-order chi connectivity index (χ0) is 15.4. The predicted octanol–water partition coefficient (Wildman–Crippen LogP) is 4.59. The highest BCUT2D eigenvalue weighted by Gasteiger charge is 2.08. The Morgan fingerprint density at radius 2 is 1.95 bits per heavy atom. The van der Waals surface area contributed by atoms with Crippen LogP contribution in [-0.2, 0) is 11.2 Å². The molecule has 0 radical (unpaired) electrons. The number of rotatable bonds is 5. The van der Waals surface area contributed by atoms with Gasteiger partial charge in [0.05, 0.1) is 16.6 Å². The summed E-state index contributed by atoms with van der Waals surface area (Å²) in [4.78, 5) is 17.8. The van der Waals surface area contributed by atoms with Crippen molar-refractivity contribution in [3.8, 4) is 0 Å². The number of fused-ring (bicyclic) bond motifs is 1. The lowest BCUT2D eigenvalue weighted by atomic mass is 10.1. The summed E-state index contributed by atoms with van der Waals surface area (Å²) in [5.41, 5.74) is 1.93. The third kappa shape index (κ3) is 3.67. The number of carbonyl (C=O) groups is 1. The van der Waals surface area contributed by atoms with Gasteiger partial charge in [0.25, 0.3) is 0 Å². The topological polar surface area (TPSA) is 42.0 Å². The Kier molecular flexibility index (Phi) is 4.75. The molecule has 3 nitrogen and oxygen atoms in total. The van der Waals surface area contributed by atoms with Crippen LogP contribution in [0.2, 0.25) is 0 Å². The predicted molar refractivity (Wildman–Crippen MR) is 94.8 cm³/mol. The standard InChI is InChI=1S/C17H16N2OS2/c1-2-21-13-9-7-12(8-10-13)11-16(20)19-17-18-14-5-3-4-6-15(14)22-17/h3-10H,2,11H2,1H3,(H,18,19,20). The Bertz CT molecular complexity index is 748. The molecule has 0 aliphatic rings. The first-order valence-electron chi connectivity index (χ1n) is 7.12. The molecule has 2 aromatic carbocycles. The highest BCUT2D eigenvalue weighted by molar-refractivity contribution is 7.99. The maximum absolute atomic E-state index is 12.1. The molecule has 0 aliphatic heterocycles. The highest BCUT2D eigenvalue weighted by atomic mass is 32.2. The van der Waals surface area contributed by atoms with Gasteiger partial charge in [-0.3, -0.25) is 4.79 Å². The molecule has 112 valence electrons. The summed E-state index contributed by atoms with van der Waals surface area (Å²) in [6.45, 7) is 2.13. The zero-order valence-electron chi connectivity index (χ0n) is 12.2. The summed E-state index contributed by atoms with van der Waals surface area (Å²) in [6, 6.07) is 16.0. The van der Waals surface area contributed by atoms with E-state index in [-0.39, 0.29) is 5.91 Å². The van der Waals surface area contributed by atoms with Crippen LogP contribution in [0.1, 0.15) is 12.5 Å². The first-order valence-corrected chi connectivity index (χ1v) is 8.92. The van der Waals surface area contributed by atoms with Crippen LogP contribution in [-0.4, -0.2) is 16.6 Å². The minimum Gasteiger partial charge on any atom is -0.302 e. The maximum atomic E-state index is 12.1. The lowest BCUT2D eigenvalue weighted by Crippen LogP contribution is -2.14. The molecule has 0 spiro atoms.